The summed E-state index contributed by atoms with van der Waals surface area (Å²) >= 11 is 14.0. The minimum absolute atomic E-state index is 0.196. The maximum atomic E-state index is 12.9. The number of benzene rings is 2. The molecule has 0 saturated carbocycles. The monoisotopic (exact) mass is 513 g/mol. The van der Waals surface area contributed by atoms with Crippen LogP contribution in [0.3, 0.4) is 0 Å². The average molecular weight is 514 g/mol. The van der Waals surface area contributed by atoms with E-state index in [0.29, 0.717) is 9.99 Å². The van der Waals surface area contributed by atoms with Gasteiger partial charge in [-0.15, -0.1) is 0 Å². The standard InChI is InChI=1S/C20H14Cl2INO3/c21-16-17(23)18(24-20(16)22)19(26)13-8-4-5-9-14(13)27-15(25)11-10-12-6-2-1-3-7-12/h1-9,24H,10-11H2. The molecule has 0 aliphatic rings. The zero-order valence-corrected chi connectivity index (χ0v) is 17.6. The normalized spacial score (nSPS) is 10.6. The van der Waals surface area contributed by atoms with Gasteiger partial charge in [0.05, 0.1) is 14.2 Å². The quantitative estimate of drug-likeness (QED) is 0.199. The van der Waals surface area contributed by atoms with Crippen LogP contribution in [0, 0.1) is 3.57 Å². The molecule has 0 amide bonds. The third kappa shape index (κ3) is 4.72. The molecule has 2 aromatic carbocycles. The molecule has 1 aromatic heterocycles. The predicted molar refractivity (Wildman–Crippen MR) is 114 cm³/mol. The average Bonchev–Trinajstić information content (AvgIpc) is 2.94. The molecule has 0 saturated heterocycles. The minimum atomic E-state index is -0.406. The van der Waals surface area contributed by atoms with Crippen molar-refractivity contribution in [2.45, 2.75) is 12.8 Å². The molecule has 0 atom stereocenters. The Bertz CT molecular complexity index is 986. The van der Waals surface area contributed by atoms with Gasteiger partial charge in [0.1, 0.15) is 16.6 Å². The van der Waals surface area contributed by atoms with E-state index in [-0.39, 0.29) is 39.4 Å². The maximum Gasteiger partial charge on any atom is 0.311 e. The smallest absolute Gasteiger partial charge is 0.311 e. The van der Waals surface area contributed by atoms with Crippen LogP contribution in [-0.2, 0) is 11.2 Å². The van der Waals surface area contributed by atoms with Crippen LogP contribution in [0.5, 0.6) is 5.75 Å². The molecule has 7 heteroatoms. The van der Waals surface area contributed by atoms with Crippen molar-refractivity contribution >= 4 is 57.5 Å². The number of hydrogen-bond acceptors (Lipinski definition) is 3. The fraction of sp³-hybridized carbons (Fsp3) is 0.100. The van der Waals surface area contributed by atoms with Crippen molar-refractivity contribution < 1.29 is 14.3 Å². The number of carbonyl (C=O) groups excluding carboxylic acids is 2. The van der Waals surface area contributed by atoms with Crippen LogP contribution in [0.2, 0.25) is 10.2 Å². The number of esters is 1. The molecule has 0 bridgehead atoms. The molecule has 3 aromatic rings. The van der Waals surface area contributed by atoms with Crippen LogP contribution < -0.4 is 4.74 Å². The highest BCUT2D eigenvalue weighted by molar-refractivity contribution is 14.1. The fourth-order valence-electron chi connectivity index (χ4n) is 2.52. The van der Waals surface area contributed by atoms with E-state index >= 15 is 0 Å². The first-order valence-electron chi connectivity index (χ1n) is 8.08. The van der Waals surface area contributed by atoms with Crippen molar-refractivity contribution in [2.24, 2.45) is 0 Å². The van der Waals surface area contributed by atoms with Crippen molar-refractivity contribution in [1.29, 1.82) is 0 Å². The Morgan fingerprint density at radius 3 is 2.33 bits per heavy atom. The van der Waals surface area contributed by atoms with Gasteiger partial charge in [-0.25, -0.2) is 0 Å². The molecule has 0 fully saturated rings. The summed E-state index contributed by atoms with van der Waals surface area (Å²) in [7, 11) is 0. The van der Waals surface area contributed by atoms with Crippen LogP contribution in [0.4, 0.5) is 0 Å². The lowest BCUT2D eigenvalue weighted by Crippen LogP contribution is -2.13. The van der Waals surface area contributed by atoms with Gasteiger partial charge in [-0.05, 0) is 46.7 Å². The molecule has 0 spiro atoms. The Kier molecular flexibility index (Phi) is 6.57. The third-order valence-corrected chi connectivity index (χ3v) is 6.04. The van der Waals surface area contributed by atoms with Gasteiger partial charge in [-0.2, -0.15) is 0 Å². The maximum absolute atomic E-state index is 12.9. The molecular formula is C20H14Cl2INO3. The van der Waals surface area contributed by atoms with E-state index in [0.717, 1.165) is 5.56 Å². The Hall–Kier alpha value is -1.83. The first kappa shape index (κ1) is 19.9. The number of aromatic amines is 1. The molecular weight excluding hydrogens is 500 g/mol. The molecule has 0 aliphatic carbocycles. The van der Waals surface area contributed by atoms with E-state index in [1.165, 1.54) is 0 Å². The van der Waals surface area contributed by atoms with Crippen LogP contribution in [0.25, 0.3) is 0 Å². The van der Waals surface area contributed by atoms with Crippen molar-refractivity contribution in [2.75, 3.05) is 0 Å². The van der Waals surface area contributed by atoms with Gasteiger partial charge >= 0.3 is 5.97 Å². The summed E-state index contributed by atoms with van der Waals surface area (Å²) in [5.41, 5.74) is 1.57. The second-order valence-corrected chi connectivity index (χ2v) is 7.56. The van der Waals surface area contributed by atoms with Crippen molar-refractivity contribution in [1.82, 2.24) is 4.98 Å². The lowest BCUT2D eigenvalue weighted by Gasteiger charge is -2.09. The number of para-hydroxylation sites is 1. The third-order valence-electron chi connectivity index (χ3n) is 3.88. The zero-order chi connectivity index (χ0) is 19.4. The van der Waals surface area contributed by atoms with Gasteiger partial charge in [0, 0.05) is 6.42 Å². The number of halogens is 3. The largest absolute Gasteiger partial charge is 0.426 e. The lowest BCUT2D eigenvalue weighted by atomic mass is 10.1. The SMILES string of the molecule is O=C(CCc1ccccc1)Oc1ccccc1C(=O)c1[nH]c(Cl)c(Cl)c1I. The highest BCUT2D eigenvalue weighted by Gasteiger charge is 2.23. The molecule has 3 rings (SSSR count). The van der Waals surface area contributed by atoms with Gasteiger partial charge in [0.2, 0.25) is 5.78 Å². The zero-order valence-electron chi connectivity index (χ0n) is 14.0. The van der Waals surface area contributed by atoms with Gasteiger partial charge in [0.15, 0.2) is 0 Å². The number of ketones is 1. The number of H-pyrrole nitrogens is 1. The summed E-state index contributed by atoms with van der Waals surface area (Å²) in [6.45, 7) is 0. The number of ether oxygens (including phenoxy) is 1. The van der Waals surface area contributed by atoms with Crippen molar-refractivity contribution in [3.63, 3.8) is 0 Å². The second kappa shape index (κ2) is 8.91. The summed E-state index contributed by atoms with van der Waals surface area (Å²) in [4.78, 5) is 27.9. The topological polar surface area (TPSA) is 59.2 Å². The molecule has 1 N–H and O–H groups in total. The second-order valence-electron chi connectivity index (χ2n) is 5.73. The Labute approximate surface area is 180 Å². The van der Waals surface area contributed by atoms with Gasteiger partial charge in [-0.3, -0.25) is 9.59 Å². The van der Waals surface area contributed by atoms with Crippen LogP contribution in [0.1, 0.15) is 28.0 Å². The summed E-state index contributed by atoms with van der Waals surface area (Å²) in [5.74, 6) is -0.547. The highest BCUT2D eigenvalue weighted by Crippen LogP contribution is 2.32. The first-order chi connectivity index (χ1) is 13.0. The van der Waals surface area contributed by atoms with Crippen molar-refractivity contribution in [3.8, 4) is 5.75 Å². The van der Waals surface area contributed by atoms with E-state index in [2.05, 4.69) is 4.98 Å². The van der Waals surface area contributed by atoms with Gasteiger partial charge in [0.25, 0.3) is 0 Å². The molecule has 0 aliphatic heterocycles. The molecule has 0 radical (unpaired) electrons. The molecule has 138 valence electrons. The van der Waals surface area contributed by atoms with Gasteiger partial charge < -0.3 is 9.72 Å². The van der Waals surface area contributed by atoms with Crippen LogP contribution in [-0.4, -0.2) is 16.7 Å². The van der Waals surface area contributed by atoms with E-state index < -0.39 is 5.97 Å². The Morgan fingerprint density at radius 1 is 1.00 bits per heavy atom. The highest BCUT2D eigenvalue weighted by atomic mass is 127. The van der Waals surface area contributed by atoms with E-state index in [1.807, 2.05) is 52.9 Å². The predicted octanol–water partition coefficient (Wildman–Crippen LogP) is 5.70. The number of nitrogens with one attached hydrogen (secondary N) is 1. The summed E-state index contributed by atoms with van der Waals surface area (Å²) in [5, 5.41) is 0.486. The molecule has 1 heterocycles. The van der Waals surface area contributed by atoms with Crippen molar-refractivity contribution in [3.05, 3.63) is 85.2 Å². The van der Waals surface area contributed by atoms with E-state index in [4.69, 9.17) is 27.9 Å². The first-order valence-corrected chi connectivity index (χ1v) is 9.91. The van der Waals surface area contributed by atoms with E-state index in [9.17, 15) is 9.59 Å². The number of carbonyl (C=O) groups is 2. The Balaban J connectivity index is 1.76. The van der Waals surface area contributed by atoms with Gasteiger partial charge in [-0.1, -0.05) is 65.7 Å². The summed E-state index contributed by atoms with van der Waals surface area (Å²) in [6.07, 6.45) is 0.778. The molecule has 0 unspecified atom stereocenters. The molecule has 27 heavy (non-hydrogen) atoms. The summed E-state index contributed by atoms with van der Waals surface area (Å²) < 4.78 is 5.97. The minimum Gasteiger partial charge on any atom is -0.426 e. The number of hydrogen-bond donors (Lipinski definition) is 1. The number of aryl methyl sites for hydroxylation is 1. The Morgan fingerprint density at radius 2 is 1.67 bits per heavy atom. The van der Waals surface area contributed by atoms with Crippen LogP contribution >= 0.6 is 45.8 Å². The molecule has 4 nitrogen and oxygen atoms in total. The van der Waals surface area contributed by atoms with Crippen LogP contribution in [0.15, 0.2) is 54.6 Å². The lowest BCUT2D eigenvalue weighted by molar-refractivity contribution is -0.134. The number of aromatic nitrogens is 1. The van der Waals surface area contributed by atoms with E-state index in [1.54, 1.807) is 24.3 Å². The fourth-order valence-corrected chi connectivity index (χ4v) is 3.66. The number of rotatable bonds is 6. The summed E-state index contributed by atoms with van der Waals surface area (Å²) in [6, 6.07) is 16.3.